The van der Waals surface area contributed by atoms with Crippen molar-refractivity contribution in [2.45, 2.75) is 38.6 Å². The molecule has 0 amide bonds. The molecule has 0 fully saturated rings. The molecular weight excluding hydrogens is 364 g/mol. The molecule has 0 saturated carbocycles. The van der Waals surface area contributed by atoms with Crippen LogP contribution in [0.25, 0.3) is 10.2 Å². The first kappa shape index (κ1) is 17.7. The molecule has 0 N–H and O–H groups in total. The number of aryl methyl sites for hydroxylation is 3. The third-order valence-corrected chi connectivity index (χ3v) is 5.99. The predicted molar refractivity (Wildman–Crippen MR) is 104 cm³/mol. The highest BCUT2D eigenvalue weighted by Crippen LogP contribution is 2.33. The SMILES string of the molecule is COc1ccccc1OC(=O)CCn1cnc2sc3c(c2c1=O)CCCC3. The van der Waals surface area contributed by atoms with Gasteiger partial charge in [-0.1, -0.05) is 12.1 Å². The first-order valence-corrected chi connectivity index (χ1v) is 9.82. The summed E-state index contributed by atoms with van der Waals surface area (Å²) in [5.41, 5.74) is 1.09. The van der Waals surface area contributed by atoms with Gasteiger partial charge in [-0.05, 0) is 43.4 Å². The number of esters is 1. The average molecular weight is 384 g/mol. The molecule has 0 unspecified atom stereocenters. The first-order valence-electron chi connectivity index (χ1n) is 9.00. The molecular formula is C20H20N2O4S. The average Bonchev–Trinajstić information content (AvgIpc) is 3.07. The third kappa shape index (κ3) is 3.47. The highest BCUT2D eigenvalue weighted by atomic mass is 32.1. The topological polar surface area (TPSA) is 70.4 Å². The van der Waals surface area contributed by atoms with Gasteiger partial charge < -0.3 is 9.47 Å². The van der Waals surface area contributed by atoms with Crippen LogP contribution in [0.2, 0.25) is 0 Å². The molecule has 0 saturated heterocycles. The van der Waals surface area contributed by atoms with E-state index in [1.54, 1.807) is 35.6 Å². The van der Waals surface area contributed by atoms with Crippen LogP contribution in [-0.2, 0) is 24.2 Å². The molecule has 0 bridgehead atoms. The summed E-state index contributed by atoms with van der Waals surface area (Å²) >= 11 is 1.62. The van der Waals surface area contributed by atoms with Gasteiger partial charge in [0, 0.05) is 11.4 Å². The van der Waals surface area contributed by atoms with Crippen molar-refractivity contribution in [3.05, 3.63) is 51.4 Å². The van der Waals surface area contributed by atoms with Gasteiger partial charge in [-0.2, -0.15) is 0 Å². The molecule has 27 heavy (non-hydrogen) atoms. The summed E-state index contributed by atoms with van der Waals surface area (Å²) in [5.74, 6) is 0.452. The minimum absolute atomic E-state index is 0.0653. The molecule has 1 aliphatic rings. The monoisotopic (exact) mass is 384 g/mol. The van der Waals surface area contributed by atoms with Gasteiger partial charge in [0.2, 0.25) is 0 Å². The number of carbonyl (C=O) groups excluding carboxylic acids is 1. The van der Waals surface area contributed by atoms with E-state index in [1.165, 1.54) is 29.3 Å². The molecule has 6 nitrogen and oxygen atoms in total. The van der Waals surface area contributed by atoms with E-state index >= 15 is 0 Å². The number of ether oxygens (including phenoxy) is 2. The summed E-state index contributed by atoms with van der Waals surface area (Å²) in [6, 6.07) is 6.98. The second-order valence-corrected chi connectivity index (χ2v) is 7.59. The van der Waals surface area contributed by atoms with Crippen LogP contribution in [0.5, 0.6) is 11.5 Å². The van der Waals surface area contributed by atoms with Crippen LogP contribution in [0, 0.1) is 0 Å². The standard InChI is InChI=1S/C20H20N2O4S/c1-25-14-7-3-4-8-15(14)26-17(23)10-11-22-12-21-19-18(20(22)24)13-6-2-5-9-16(13)27-19/h3-4,7-8,12H,2,5-6,9-11H2,1H3. The molecule has 140 valence electrons. The lowest BCUT2D eigenvalue weighted by Gasteiger charge is -2.11. The Morgan fingerprint density at radius 2 is 2.00 bits per heavy atom. The summed E-state index contributed by atoms with van der Waals surface area (Å²) in [6.07, 6.45) is 5.86. The van der Waals surface area contributed by atoms with Gasteiger partial charge >= 0.3 is 5.97 Å². The summed E-state index contributed by atoms with van der Waals surface area (Å²) in [4.78, 5) is 31.6. The Morgan fingerprint density at radius 1 is 1.22 bits per heavy atom. The van der Waals surface area contributed by atoms with Crippen molar-refractivity contribution in [3.8, 4) is 11.5 Å². The van der Waals surface area contributed by atoms with E-state index in [0.29, 0.717) is 11.5 Å². The van der Waals surface area contributed by atoms with E-state index in [9.17, 15) is 9.59 Å². The van der Waals surface area contributed by atoms with Gasteiger partial charge in [-0.15, -0.1) is 11.3 Å². The normalized spacial score (nSPS) is 13.4. The van der Waals surface area contributed by atoms with Gasteiger partial charge in [0.15, 0.2) is 11.5 Å². The number of nitrogens with zero attached hydrogens (tertiary/aromatic N) is 2. The van der Waals surface area contributed by atoms with Gasteiger partial charge in [0.25, 0.3) is 5.56 Å². The van der Waals surface area contributed by atoms with Crippen molar-refractivity contribution in [1.29, 1.82) is 0 Å². The van der Waals surface area contributed by atoms with Crippen LogP contribution in [0.3, 0.4) is 0 Å². The van der Waals surface area contributed by atoms with Crippen molar-refractivity contribution >= 4 is 27.5 Å². The van der Waals surface area contributed by atoms with E-state index in [-0.39, 0.29) is 18.5 Å². The summed E-state index contributed by atoms with van der Waals surface area (Å²) in [7, 11) is 1.52. The van der Waals surface area contributed by atoms with Crippen molar-refractivity contribution in [3.63, 3.8) is 0 Å². The van der Waals surface area contributed by atoms with Gasteiger partial charge in [0.05, 0.1) is 25.2 Å². The van der Waals surface area contributed by atoms with E-state index < -0.39 is 5.97 Å². The number of hydrogen-bond acceptors (Lipinski definition) is 6. The van der Waals surface area contributed by atoms with Crippen molar-refractivity contribution in [2.24, 2.45) is 0 Å². The Hall–Kier alpha value is -2.67. The fourth-order valence-electron chi connectivity index (χ4n) is 3.43. The fourth-order valence-corrected chi connectivity index (χ4v) is 4.65. The zero-order valence-corrected chi connectivity index (χ0v) is 15.9. The molecule has 0 aliphatic heterocycles. The van der Waals surface area contributed by atoms with Crippen LogP contribution in [0.1, 0.15) is 29.7 Å². The zero-order valence-electron chi connectivity index (χ0n) is 15.1. The Bertz CT molecular complexity index is 1050. The Labute approximate surface area is 160 Å². The van der Waals surface area contributed by atoms with Crippen LogP contribution in [0.15, 0.2) is 35.4 Å². The molecule has 1 aliphatic carbocycles. The van der Waals surface area contributed by atoms with Crippen molar-refractivity contribution < 1.29 is 14.3 Å². The molecule has 2 heterocycles. The van der Waals surface area contributed by atoms with Gasteiger partial charge in [0.1, 0.15) is 4.83 Å². The van der Waals surface area contributed by atoms with Gasteiger partial charge in [-0.3, -0.25) is 14.2 Å². The number of para-hydroxylation sites is 2. The molecule has 1 aromatic carbocycles. The molecule has 2 aromatic heterocycles. The number of aromatic nitrogens is 2. The lowest BCUT2D eigenvalue weighted by atomic mass is 9.97. The van der Waals surface area contributed by atoms with Crippen LogP contribution < -0.4 is 15.0 Å². The number of methoxy groups -OCH3 is 1. The lowest BCUT2D eigenvalue weighted by Crippen LogP contribution is -2.23. The van der Waals surface area contributed by atoms with Crippen molar-refractivity contribution in [1.82, 2.24) is 9.55 Å². The second kappa shape index (κ2) is 7.52. The number of fused-ring (bicyclic) bond motifs is 3. The van der Waals surface area contributed by atoms with Crippen LogP contribution >= 0.6 is 11.3 Å². The Balaban J connectivity index is 1.51. The molecule has 3 aromatic rings. The smallest absolute Gasteiger partial charge is 0.313 e. The molecule has 4 rings (SSSR count). The quantitative estimate of drug-likeness (QED) is 0.498. The number of hydrogen-bond donors (Lipinski definition) is 0. The Morgan fingerprint density at radius 3 is 2.81 bits per heavy atom. The second-order valence-electron chi connectivity index (χ2n) is 6.51. The lowest BCUT2D eigenvalue weighted by molar-refractivity contribution is -0.134. The zero-order chi connectivity index (χ0) is 18.8. The summed E-state index contributed by atoms with van der Waals surface area (Å²) in [5, 5.41) is 0.732. The number of thiophene rings is 1. The van der Waals surface area contributed by atoms with E-state index in [1.807, 2.05) is 0 Å². The highest BCUT2D eigenvalue weighted by Gasteiger charge is 2.20. The maximum absolute atomic E-state index is 12.9. The molecule has 7 heteroatoms. The third-order valence-electron chi connectivity index (χ3n) is 4.79. The maximum atomic E-state index is 12.9. The van der Waals surface area contributed by atoms with E-state index in [0.717, 1.165) is 35.0 Å². The van der Waals surface area contributed by atoms with Crippen LogP contribution in [0.4, 0.5) is 0 Å². The number of carbonyl (C=O) groups is 1. The minimum Gasteiger partial charge on any atom is -0.493 e. The number of benzene rings is 1. The van der Waals surface area contributed by atoms with Crippen LogP contribution in [-0.4, -0.2) is 22.6 Å². The Kier molecular flexibility index (Phi) is 4.94. The fraction of sp³-hybridized carbons (Fsp3) is 0.350. The minimum atomic E-state index is -0.418. The van der Waals surface area contributed by atoms with E-state index in [4.69, 9.17) is 9.47 Å². The largest absolute Gasteiger partial charge is 0.493 e. The summed E-state index contributed by atoms with van der Waals surface area (Å²) in [6.45, 7) is 0.236. The van der Waals surface area contributed by atoms with Crippen molar-refractivity contribution in [2.75, 3.05) is 7.11 Å². The summed E-state index contributed by atoms with van der Waals surface area (Å²) < 4.78 is 12.0. The first-order chi connectivity index (χ1) is 13.2. The maximum Gasteiger partial charge on any atom is 0.313 e. The highest BCUT2D eigenvalue weighted by molar-refractivity contribution is 7.18. The van der Waals surface area contributed by atoms with E-state index in [2.05, 4.69) is 4.98 Å². The molecule has 0 radical (unpaired) electrons. The predicted octanol–water partition coefficient (Wildman–Crippen LogP) is 3.34. The van der Waals surface area contributed by atoms with Gasteiger partial charge in [-0.25, -0.2) is 4.98 Å². The molecule has 0 atom stereocenters. The number of rotatable bonds is 5. The molecule has 0 spiro atoms.